The maximum absolute atomic E-state index is 0. The molecule has 0 aliphatic carbocycles. The van der Waals surface area contributed by atoms with E-state index in [1.165, 1.54) is 0 Å². The van der Waals surface area contributed by atoms with Crippen molar-refractivity contribution in [1.82, 2.24) is 0 Å². The van der Waals surface area contributed by atoms with Gasteiger partial charge in [-0.3, -0.25) is 14.1 Å². The van der Waals surface area contributed by atoms with Gasteiger partial charge < -0.3 is 0 Å². The largest absolute Gasteiger partial charge is 0 e. The first-order chi connectivity index (χ1) is 0. The molecule has 0 spiro atoms. The summed E-state index contributed by atoms with van der Waals surface area (Å²) in [5, 5.41) is 0. The molecule has 0 rings (SSSR count). The van der Waals surface area contributed by atoms with Crippen molar-refractivity contribution in [1.29, 1.82) is 0 Å². The van der Waals surface area contributed by atoms with Gasteiger partial charge >= 0.3 is 29.0 Å². The van der Waals surface area contributed by atoms with Crippen LogP contribution in [0.2, 0.25) is 0 Å². The average molecular weight is 311 g/mol. The summed E-state index contributed by atoms with van der Waals surface area (Å²) in [5.41, 5.74) is 0. The van der Waals surface area contributed by atoms with E-state index in [-0.39, 0.29) is 83.0 Å². The molecule has 0 atom stereocenters. The number of halogens is 3. The van der Waals surface area contributed by atoms with Gasteiger partial charge in [0.05, 0.1) is 0 Å². The van der Waals surface area contributed by atoms with Crippen molar-refractivity contribution in [3.05, 3.63) is 0 Å². The molecule has 0 saturated heterocycles. The summed E-state index contributed by atoms with van der Waals surface area (Å²) in [6, 6.07) is 0. The van der Waals surface area contributed by atoms with Crippen LogP contribution in [0.25, 0.3) is 0 Å². The molecule has 0 bridgehead atoms. The Labute approximate surface area is 82.0 Å². The predicted octanol–water partition coefficient (Wildman–Crippen LogP) is -1.11. The Hall–Kier alpha value is 1.88. The molecular formula is H6BeF3LiTh. The first-order valence-corrected chi connectivity index (χ1v) is 0. The van der Waals surface area contributed by atoms with Gasteiger partial charge in [-0.25, -0.2) is 0 Å². The van der Waals surface area contributed by atoms with Gasteiger partial charge in [0.1, 0.15) is 0 Å². The molecule has 0 heterocycles. The summed E-state index contributed by atoms with van der Waals surface area (Å²) < 4.78 is 0. The Kier molecular flexibility index (Phi) is 1180. The third-order valence-electron chi connectivity index (χ3n) is 0. The van der Waals surface area contributed by atoms with E-state index in [1.807, 2.05) is 0 Å². The van der Waals surface area contributed by atoms with E-state index in [4.69, 9.17) is 0 Å². The quantitative estimate of drug-likeness (QED) is 0.498. The molecule has 0 N–H and O–H groups in total. The molecule has 0 saturated carbocycles. The molecule has 0 aromatic rings. The Bertz CT molecular complexity index is 10.8. The van der Waals surface area contributed by atoms with Gasteiger partial charge in [0.15, 0.2) is 0 Å². The van der Waals surface area contributed by atoms with Gasteiger partial charge in [-0.1, -0.05) is 0 Å². The van der Waals surface area contributed by atoms with E-state index in [9.17, 15) is 0 Å². The maximum Gasteiger partial charge on any atom is 0 e. The van der Waals surface area contributed by atoms with Crippen LogP contribution in [0, 0.1) is 39.9 Å². The van der Waals surface area contributed by atoms with Crippen molar-refractivity contribution in [2.45, 2.75) is 0 Å². The maximum atomic E-state index is 0. The third kappa shape index (κ3) is 39.6. The summed E-state index contributed by atoms with van der Waals surface area (Å²) >= 11 is 0. The minimum absolute atomic E-state index is 0. The van der Waals surface area contributed by atoms with Crippen molar-refractivity contribution < 1.29 is 54.1 Å². The fourth-order valence-corrected chi connectivity index (χ4v) is 0. The van der Waals surface area contributed by atoms with E-state index in [0.717, 1.165) is 0 Å². The molecule has 0 aliphatic rings. The monoisotopic (exact) mass is 311 g/mol. The molecule has 0 fully saturated rings. The van der Waals surface area contributed by atoms with Gasteiger partial charge in [0, 0.05) is 39.9 Å². The van der Waals surface area contributed by atoms with Crippen LogP contribution in [-0.2, 0) is 0 Å². The van der Waals surface area contributed by atoms with Gasteiger partial charge in [0.2, 0.25) is 0 Å². The zero-order valence-corrected chi connectivity index (χ0v) is 5.83. The fraction of sp³-hybridized carbons (Fsp3) is 0. The molecule has 0 aliphatic heterocycles. The molecule has 0 nitrogen and oxygen atoms in total. The third-order valence-corrected chi connectivity index (χ3v) is 0. The number of hydrogen-bond donors (Lipinski definition) is 0. The van der Waals surface area contributed by atoms with Gasteiger partial charge in [0.25, 0.3) is 0 Å². The van der Waals surface area contributed by atoms with Crippen LogP contribution >= 0.6 is 0 Å². The summed E-state index contributed by atoms with van der Waals surface area (Å²) in [5.74, 6) is 0. The first kappa shape index (κ1) is 105. The van der Waals surface area contributed by atoms with Crippen molar-refractivity contribution >= 4 is 29.0 Å². The molecule has 0 aromatic heterocycles. The second-order valence-electron chi connectivity index (χ2n) is 0. The molecule has 34 valence electrons. The van der Waals surface area contributed by atoms with Gasteiger partial charge in [-0.15, -0.1) is 0 Å². The van der Waals surface area contributed by atoms with Crippen LogP contribution in [0.5, 0.6) is 0 Å². The molecule has 6 heteroatoms. The minimum atomic E-state index is 0. The van der Waals surface area contributed by atoms with Crippen LogP contribution in [0.1, 0.15) is 0 Å². The van der Waals surface area contributed by atoms with E-state index < -0.39 is 0 Å². The Morgan fingerprint density at radius 2 is 0.667 bits per heavy atom. The van der Waals surface area contributed by atoms with Crippen molar-refractivity contribution in [3.8, 4) is 0 Å². The van der Waals surface area contributed by atoms with Gasteiger partial charge in [-0.05, 0) is 0 Å². The van der Waals surface area contributed by atoms with Crippen LogP contribution < -0.4 is 0 Å². The van der Waals surface area contributed by atoms with Gasteiger partial charge in [-0.2, -0.15) is 0 Å². The van der Waals surface area contributed by atoms with E-state index in [1.54, 1.807) is 0 Å². The number of hydrogen-bond acceptors (Lipinski definition) is 0. The second-order valence-corrected chi connectivity index (χ2v) is 0. The Morgan fingerprint density at radius 1 is 0.667 bits per heavy atom. The van der Waals surface area contributed by atoms with Crippen LogP contribution in [0.4, 0.5) is 14.1 Å². The zero-order valence-electron chi connectivity index (χ0n) is 1.72. The SMILES string of the molecule is F.F.F.[BeH2].[LiH].[Th]. The minimum Gasteiger partial charge on any atom is 0 e. The van der Waals surface area contributed by atoms with E-state index >= 15 is 0 Å². The predicted molar refractivity (Wildman–Crippen MR) is 23.2 cm³/mol. The topological polar surface area (TPSA) is 0 Å². The van der Waals surface area contributed by atoms with Crippen LogP contribution in [0.3, 0.4) is 0 Å². The molecule has 0 unspecified atom stereocenters. The van der Waals surface area contributed by atoms with E-state index in [2.05, 4.69) is 0 Å². The summed E-state index contributed by atoms with van der Waals surface area (Å²) in [7, 11) is 0. The summed E-state index contributed by atoms with van der Waals surface area (Å²) in [4.78, 5) is 0. The second kappa shape index (κ2) is 67.3. The molecule has 0 amide bonds. The summed E-state index contributed by atoms with van der Waals surface area (Å²) in [6.07, 6.45) is 0. The molecule has 0 aromatic carbocycles. The molecule has 0 radical (unpaired) electrons. The zero-order chi connectivity index (χ0) is 0. The Morgan fingerprint density at radius 3 is 0.667 bits per heavy atom. The summed E-state index contributed by atoms with van der Waals surface area (Å²) in [6.45, 7) is 0. The van der Waals surface area contributed by atoms with Crippen molar-refractivity contribution in [3.63, 3.8) is 0 Å². The molecular weight excluding hydrogens is 305 g/mol. The smallest absolute Gasteiger partial charge is 0 e. The van der Waals surface area contributed by atoms with Crippen LogP contribution in [-0.4, -0.2) is 29.0 Å². The first-order valence-electron chi connectivity index (χ1n) is 0. The van der Waals surface area contributed by atoms with Crippen molar-refractivity contribution in [2.24, 2.45) is 0 Å². The normalized spacial score (nSPS) is 0. The van der Waals surface area contributed by atoms with Crippen LogP contribution in [0.15, 0.2) is 0 Å². The van der Waals surface area contributed by atoms with Crippen molar-refractivity contribution in [2.75, 3.05) is 0 Å². The number of rotatable bonds is 0. The standard InChI is InChI=1S/Be.3FH.Li.Th.3H/h;3*1H;;;;;. The Balaban J connectivity index is 0. The fourth-order valence-electron chi connectivity index (χ4n) is 0. The average Bonchev–Trinajstić information content (AvgIpc) is 0. The molecule has 6 heavy (non-hydrogen) atoms. The van der Waals surface area contributed by atoms with E-state index in [0.29, 0.717) is 0 Å².